The molecule has 52 valence electrons. The minimum atomic E-state index is 0.180. The van der Waals surface area contributed by atoms with Crippen molar-refractivity contribution in [3.63, 3.8) is 0 Å². The van der Waals surface area contributed by atoms with E-state index in [4.69, 9.17) is 5.11 Å². The Hall–Kier alpha value is -0.240. The largest absolute Gasteiger partial charge is 0.396 e. The summed E-state index contributed by atoms with van der Waals surface area (Å²) in [6.07, 6.45) is 2.17. The third kappa shape index (κ3) is 5.63. The van der Waals surface area contributed by atoms with Gasteiger partial charge in [0.25, 0.3) is 0 Å². The zero-order valence-corrected chi connectivity index (χ0v) is 6.03. The number of thiol groups is 1. The molecule has 9 heavy (non-hydrogen) atoms. The monoisotopic (exact) mass is 146 g/mol. The molecule has 0 saturated heterocycles. The van der Waals surface area contributed by atoms with Gasteiger partial charge in [-0.25, -0.2) is 4.79 Å². The van der Waals surface area contributed by atoms with Crippen molar-refractivity contribution in [3.05, 3.63) is 4.91 Å². The number of hydrogen-bond acceptors (Lipinski definition) is 3. The zero-order valence-electron chi connectivity index (χ0n) is 5.13. The number of unbranched alkanes of at least 4 members (excludes halogenated alkanes) is 1. The molecule has 0 amide bonds. The van der Waals surface area contributed by atoms with Gasteiger partial charge in [0.2, 0.25) is 0 Å². The minimum absolute atomic E-state index is 0.180. The molecule has 0 aromatic rings. The molecule has 0 bridgehead atoms. The first-order valence-corrected chi connectivity index (χ1v) is 3.29. The fourth-order valence-electron chi connectivity index (χ4n) is 0.455. The molecule has 0 atom stereocenters. The first kappa shape index (κ1) is 8.76. The molecule has 2 nitrogen and oxygen atoms in total. The van der Waals surface area contributed by atoms with E-state index in [9.17, 15) is 4.79 Å². The third-order valence-corrected chi connectivity index (χ3v) is 1.25. The average molecular weight is 146 g/mol. The second-order valence-corrected chi connectivity index (χ2v) is 2.27. The maximum absolute atomic E-state index is 9.80. The molecule has 0 spiro atoms. The Balaban J connectivity index is 3.17. The summed E-state index contributed by atoms with van der Waals surface area (Å²) in [5.74, 6) is 1.67. The van der Waals surface area contributed by atoms with E-state index >= 15 is 0 Å². The summed E-state index contributed by atoms with van der Waals surface area (Å²) in [7, 11) is 0. The highest BCUT2D eigenvalue weighted by Crippen LogP contribution is 2.06. The van der Waals surface area contributed by atoms with Gasteiger partial charge in [-0.3, -0.25) is 0 Å². The number of aliphatic hydroxyl groups excluding tert-OH is 1. The summed E-state index contributed by atoms with van der Waals surface area (Å²) < 4.78 is 0. The highest BCUT2D eigenvalue weighted by atomic mass is 32.1. The molecule has 0 aromatic carbocycles. The number of allylic oxidation sites excluding steroid dienone is 1. The van der Waals surface area contributed by atoms with Crippen LogP contribution < -0.4 is 0 Å². The first-order chi connectivity index (χ1) is 4.31. The molecular weight excluding hydrogens is 136 g/mol. The number of carbonyl (C=O) groups excluding carboxylic acids is 1. The van der Waals surface area contributed by atoms with Gasteiger partial charge in [0.15, 0.2) is 0 Å². The Morgan fingerprint density at radius 1 is 1.56 bits per heavy atom. The van der Waals surface area contributed by atoms with Crippen molar-refractivity contribution in [2.24, 2.45) is 0 Å². The van der Waals surface area contributed by atoms with Gasteiger partial charge in [-0.05, 0) is 19.3 Å². The molecule has 0 aliphatic carbocycles. The minimum Gasteiger partial charge on any atom is -0.396 e. The predicted octanol–water partition coefficient (Wildman–Crippen LogP) is 0.794. The van der Waals surface area contributed by atoms with Gasteiger partial charge < -0.3 is 5.11 Å². The fraction of sp³-hybridized carbons (Fsp3) is 0.667. The smallest absolute Gasteiger partial charge is 0.134 e. The lowest BCUT2D eigenvalue weighted by molar-refractivity contribution is 0.285. The topological polar surface area (TPSA) is 37.3 Å². The number of aliphatic hydroxyl groups is 1. The van der Waals surface area contributed by atoms with Crippen LogP contribution in [-0.2, 0) is 4.79 Å². The lowest BCUT2D eigenvalue weighted by atomic mass is 10.2. The molecular formula is C6H10O2S. The Kier molecular flexibility index (Phi) is 5.73. The van der Waals surface area contributed by atoms with Gasteiger partial charge in [0, 0.05) is 6.61 Å². The molecule has 0 saturated carbocycles. The maximum atomic E-state index is 9.80. The van der Waals surface area contributed by atoms with E-state index in [1.165, 1.54) is 0 Å². The Morgan fingerprint density at radius 2 is 2.22 bits per heavy atom. The van der Waals surface area contributed by atoms with Crippen molar-refractivity contribution in [1.29, 1.82) is 0 Å². The highest BCUT2D eigenvalue weighted by molar-refractivity contribution is 7.84. The van der Waals surface area contributed by atoms with Crippen LogP contribution in [0.3, 0.4) is 0 Å². The summed E-state index contributed by atoms with van der Waals surface area (Å²) in [6.45, 7) is 0.180. The highest BCUT2D eigenvalue weighted by Gasteiger charge is 1.89. The van der Waals surface area contributed by atoms with Gasteiger partial charge in [-0.1, -0.05) is 0 Å². The summed E-state index contributed by atoms with van der Waals surface area (Å²) in [5.41, 5.74) is 0. The van der Waals surface area contributed by atoms with E-state index in [1.54, 1.807) is 5.94 Å². The summed E-state index contributed by atoms with van der Waals surface area (Å²) in [4.78, 5) is 10.2. The van der Waals surface area contributed by atoms with Crippen LogP contribution in [0, 0.1) is 0 Å². The summed E-state index contributed by atoms with van der Waals surface area (Å²) in [6, 6.07) is 0. The molecule has 0 fully saturated rings. The molecule has 0 unspecified atom stereocenters. The van der Waals surface area contributed by atoms with Crippen LogP contribution in [0.1, 0.15) is 19.3 Å². The quantitative estimate of drug-likeness (QED) is 0.349. The SMILES string of the molecule is O=C=C(S)CCCCO. The summed E-state index contributed by atoms with van der Waals surface area (Å²) in [5, 5.41) is 8.32. The van der Waals surface area contributed by atoms with Crippen LogP contribution >= 0.6 is 12.6 Å². The van der Waals surface area contributed by atoms with Crippen LogP contribution in [0.4, 0.5) is 0 Å². The van der Waals surface area contributed by atoms with E-state index in [-0.39, 0.29) is 6.61 Å². The Morgan fingerprint density at radius 3 is 2.67 bits per heavy atom. The van der Waals surface area contributed by atoms with Crippen molar-refractivity contribution < 1.29 is 9.90 Å². The van der Waals surface area contributed by atoms with E-state index in [0.717, 1.165) is 12.8 Å². The summed E-state index contributed by atoms with van der Waals surface area (Å²) >= 11 is 3.81. The second-order valence-electron chi connectivity index (χ2n) is 1.73. The molecule has 0 rings (SSSR count). The van der Waals surface area contributed by atoms with E-state index in [1.807, 2.05) is 0 Å². The van der Waals surface area contributed by atoms with Gasteiger partial charge in [-0.15, -0.1) is 12.6 Å². The average Bonchev–Trinajstić information content (AvgIpc) is 1.89. The Labute approximate surface area is 60.0 Å². The van der Waals surface area contributed by atoms with Crippen LogP contribution in [0.25, 0.3) is 0 Å². The van der Waals surface area contributed by atoms with Crippen LogP contribution in [-0.4, -0.2) is 17.7 Å². The van der Waals surface area contributed by atoms with Crippen molar-refractivity contribution >= 4 is 18.6 Å². The first-order valence-electron chi connectivity index (χ1n) is 2.85. The predicted molar refractivity (Wildman–Crippen MR) is 39.1 cm³/mol. The van der Waals surface area contributed by atoms with Crippen LogP contribution in [0.5, 0.6) is 0 Å². The van der Waals surface area contributed by atoms with E-state index < -0.39 is 0 Å². The molecule has 0 aliphatic heterocycles. The van der Waals surface area contributed by atoms with Gasteiger partial charge in [0.05, 0.1) is 4.91 Å². The van der Waals surface area contributed by atoms with Gasteiger partial charge >= 0.3 is 0 Å². The third-order valence-electron chi connectivity index (χ3n) is 0.940. The molecule has 3 heteroatoms. The van der Waals surface area contributed by atoms with Crippen molar-refractivity contribution in [2.45, 2.75) is 19.3 Å². The molecule has 0 heterocycles. The molecule has 0 aliphatic rings. The zero-order chi connectivity index (χ0) is 7.11. The fourth-order valence-corrected chi connectivity index (χ4v) is 0.613. The number of rotatable bonds is 4. The van der Waals surface area contributed by atoms with Gasteiger partial charge in [0.1, 0.15) is 5.94 Å². The normalized spacial score (nSPS) is 8.67. The Bertz CT molecular complexity index is 116. The second kappa shape index (κ2) is 5.89. The van der Waals surface area contributed by atoms with E-state index in [0.29, 0.717) is 11.3 Å². The lowest BCUT2D eigenvalue weighted by Gasteiger charge is -1.92. The molecule has 0 radical (unpaired) electrons. The standard InChI is InChI=1S/C6H10O2S/c7-4-2-1-3-6(9)5-8/h7,9H,1-4H2. The maximum Gasteiger partial charge on any atom is 0.134 e. The number of hydrogen-bond donors (Lipinski definition) is 2. The van der Waals surface area contributed by atoms with Crippen molar-refractivity contribution in [3.8, 4) is 0 Å². The van der Waals surface area contributed by atoms with Crippen molar-refractivity contribution in [2.75, 3.05) is 6.61 Å². The lowest BCUT2D eigenvalue weighted by Crippen LogP contribution is -1.82. The molecule has 1 N–H and O–H groups in total. The van der Waals surface area contributed by atoms with Crippen molar-refractivity contribution in [1.82, 2.24) is 0 Å². The van der Waals surface area contributed by atoms with E-state index in [2.05, 4.69) is 12.6 Å². The van der Waals surface area contributed by atoms with Crippen LogP contribution in [0.15, 0.2) is 4.91 Å². The molecule has 0 aromatic heterocycles. The van der Waals surface area contributed by atoms with Gasteiger partial charge in [-0.2, -0.15) is 0 Å². The van der Waals surface area contributed by atoms with Crippen LogP contribution in [0.2, 0.25) is 0 Å².